The summed E-state index contributed by atoms with van der Waals surface area (Å²) in [5.74, 6) is 0.111. The molecule has 0 radical (unpaired) electrons. The van der Waals surface area contributed by atoms with Crippen molar-refractivity contribution in [3.63, 3.8) is 0 Å². The molecule has 5 rings (SSSR count). The zero-order valence-corrected chi connectivity index (χ0v) is 21.4. The highest BCUT2D eigenvalue weighted by atomic mass is 16.2. The normalized spacial score (nSPS) is 13.2. The highest BCUT2D eigenvalue weighted by Gasteiger charge is 2.27. The molecular formula is C32H32N4O2. The summed E-state index contributed by atoms with van der Waals surface area (Å²) in [4.78, 5) is 34.5. The molecule has 38 heavy (non-hydrogen) atoms. The summed E-state index contributed by atoms with van der Waals surface area (Å²) in [7, 11) is 0. The Kier molecular flexibility index (Phi) is 7.99. The molecule has 0 unspecified atom stereocenters. The van der Waals surface area contributed by atoms with Gasteiger partial charge in [0.2, 0.25) is 11.8 Å². The van der Waals surface area contributed by atoms with Crippen molar-refractivity contribution >= 4 is 34.6 Å². The molecule has 0 aromatic heterocycles. The Morgan fingerprint density at radius 3 is 0.921 bits per heavy atom. The molecule has 192 valence electrons. The zero-order valence-electron chi connectivity index (χ0n) is 21.4. The van der Waals surface area contributed by atoms with Gasteiger partial charge in [0.05, 0.1) is 0 Å². The molecule has 1 heterocycles. The van der Waals surface area contributed by atoms with E-state index >= 15 is 0 Å². The van der Waals surface area contributed by atoms with Gasteiger partial charge < -0.3 is 19.6 Å². The molecule has 2 amide bonds. The van der Waals surface area contributed by atoms with Crippen molar-refractivity contribution < 1.29 is 9.59 Å². The van der Waals surface area contributed by atoms with Crippen molar-refractivity contribution in [3.05, 3.63) is 121 Å². The Hall–Kier alpha value is -4.58. The quantitative estimate of drug-likeness (QED) is 0.325. The predicted octanol–water partition coefficient (Wildman–Crippen LogP) is 5.33. The third kappa shape index (κ3) is 6.03. The second-order valence-corrected chi connectivity index (χ2v) is 9.28. The predicted molar refractivity (Wildman–Crippen MR) is 153 cm³/mol. The van der Waals surface area contributed by atoms with E-state index < -0.39 is 0 Å². The first kappa shape index (κ1) is 25.1. The fourth-order valence-electron chi connectivity index (χ4n) is 4.77. The maximum Gasteiger partial charge on any atom is 0.242 e. The first-order valence-electron chi connectivity index (χ1n) is 13.0. The van der Waals surface area contributed by atoms with Crippen LogP contribution in [0.4, 0.5) is 22.7 Å². The molecule has 4 aromatic carbocycles. The number of amides is 2. The average Bonchev–Trinajstić information content (AvgIpc) is 3.00. The molecule has 0 spiro atoms. The molecule has 0 aliphatic carbocycles. The second-order valence-electron chi connectivity index (χ2n) is 9.28. The minimum atomic E-state index is 0.0556. The van der Waals surface area contributed by atoms with Gasteiger partial charge in [-0.05, 0) is 48.5 Å². The van der Waals surface area contributed by atoms with Crippen LogP contribution in [0.5, 0.6) is 0 Å². The SMILES string of the molecule is O=C(CN(c1ccccc1)c1ccccc1)N1CCN(C(=O)CN(c2ccccc2)c2ccccc2)CC1. The van der Waals surface area contributed by atoms with Crippen molar-refractivity contribution in [1.82, 2.24) is 9.80 Å². The monoisotopic (exact) mass is 504 g/mol. The zero-order chi connectivity index (χ0) is 26.2. The maximum absolute atomic E-state index is 13.4. The largest absolute Gasteiger partial charge is 0.338 e. The lowest BCUT2D eigenvalue weighted by Gasteiger charge is -2.37. The van der Waals surface area contributed by atoms with Gasteiger partial charge in [-0.3, -0.25) is 9.59 Å². The number of hydrogen-bond donors (Lipinski definition) is 0. The van der Waals surface area contributed by atoms with Gasteiger partial charge in [-0.15, -0.1) is 0 Å². The van der Waals surface area contributed by atoms with Crippen LogP contribution < -0.4 is 9.80 Å². The first-order valence-corrected chi connectivity index (χ1v) is 13.0. The van der Waals surface area contributed by atoms with Crippen LogP contribution in [0.1, 0.15) is 0 Å². The number of hydrogen-bond acceptors (Lipinski definition) is 4. The number of nitrogens with zero attached hydrogens (tertiary/aromatic N) is 4. The van der Waals surface area contributed by atoms with Gasteiger partial charge in [0, 0.05) is 48.9 Å². The number of carbonyl (C=O) groups excluding carboxylic acids is 2. The summed E-state index contributed by atoms with van der Waals surface area (Å²) < 4.78 is 0. The topological polar surface area (TPSA) is 47.1 Å². The first-order chi connectivity index (χ1) is 18.7. The summed E-state index contributed by atoms with van der Waals surface area (Å²) >= 11 is 0. The summed E-state index contributed by atoms with van der Waals surface area (Å²) in [6.45, 7) is 2.60. The van der Waals surface area contributed by atoms with Gasteiger partial charge in [-0.2, -0.15) is 0 Å². The number of para-hydroxylation sites is 4. The number of carbonyl (C=O) groups is 2. The highest BCUT2D eigenvalue weighted by molar-refractivity contribution is 5.86. The Morgan fingerprint density at radius 1 is 0.447 bits per heavy atom. The molecule has 0 saturated carbocycles. The Morgan fingerprint density at radius 2 is 0.684 bits per heavy atom. The van der Waals surface area contributed by atoms with E-state index in [1.165, 1.54) is 0 Å². The van der Waals surface area contributed by atoms with E-state index in [9.17, 15) is 9.59 Å². The number of piperazine rings is 1. The lowest BCUT2D eigenvalue weighted by Crippen LogP contribution is -2.53. The van der Waals surface area contributed by atoms with Gasteiger partial charge >= 0.3 is 0 Å². The Labute approximate surface area is 224 Å². The van der Waals surface area contributed by atoms with Crippen LogP contribution >= 0.6 is 0 Å². The van der Waals surface area contributed by atoms with E-state index in [1.54, 1.807) is 0 Å². The molecule has 1 aliphatic heterocycles. The van der Waals surface area contributed by atoms with E-state index in [0.29, 0.717) is 26.2 Å². The second kappa shape index (κ2) is 12.1. The third-order valence-electron chi connectivity index (χ3n) is 6.84. The van der Waals surface area contributed by atoms with Gasteiger partial charge in [-0.1, -0.05) is 72.8 Å². The standard InChI is InChI=1S/C32H32N4O2/c37-31(25-35(27-13-5-1-6-14-27)28-15-7-2-8-16-28)33-21-23-34(24-22-33)32(38)26-36(29-17-9-3-10-18-29)30-19-11-4-12-20-30/h1-20H,21-26H2. The molecule has 0 N–H and O–H groups in total. The minimum Gasteiger partial charge on any atom is -0.338 e. The smallest absolute Gasteiger partial charge is 0.242 e. The molecule has 6 nitrogen and oxygen atoms in total. The van der Waals surface area contributed by atoms with Crippen LogP contribution in [0.25, 0.3) is 0 Å². The molecule has 1 saturated heterocycles. The fourth-order valence-corrected chi connectivity index (χ4v) is 4.77. The van der Waals surface area contributed by atoms with Crippen LogP contribution in [0.15, 0.2) is 121 Å². The number of anilines is 4. The van der Waals surface area contributed by atoms with E-state index in [4.69, 9.17) is 0 Å². The number of benzene rings is 4. The van der Waals surface area contributed by atoms with Gasteiger partial charge in [-0.25, -0.2) is 0 Å². The molecule has 1 aliphatic rings. The van der Waals surface area contributed by atoms with Crippen molar-refractivity contribution in [3.8, 4) is 0 Å². The van der Waals surface area contributed by atoms with Crippen LogP contribution in [-0.2, 0) is 9.59 Å². The number of rotatable bonds is 8. The molecule has 0 atom stereocenters. The summed E-state index contributed by atoms with van der Waals surface area (Å²) in [5.41, 5.74) is 3.90. The summed E-state index contributed by atoms with van der Waals surface area (Å²) in [5, 5.41) is 0. The molecular weight excluding hydrogens is 472 g/mol. The Balaban J connectivity index is 1.22. The van der Waals surface area contributed by atoms with Crippen LogP contribution in [-0.4, -0.2) is 60.9 Å². The minimum absolute atomic E-state index is 0.0556. The van der Waals surface area contributed by atoms with Crippen molar-refractivity contribution in [1.29, 1.82) is 0 Å². The molecule has 4 aromatic rings. The molecule has 0 bridgehead atoms. The lowest BCUT2D eigenvalue weighted by molar-refractivity contribution is -0.137. The van der Waals surface area contributed by atoms with Crippen molar-refractivity contribution in [2.75, 3.05) is 49.1 Å². The van der Waals surface area contributed by atoms with Crippen LogP contribution in [0, 0.1) is 0 Å². The van der Waals surface area contributed by atoms with E-state index in [-0.39, 0.29) is 24.9 Å². The maximum atomic E-state index is 13.4. The highest BCUT2D eigenvalue weighted by Crippen LogP contribution is 2.26. The van der Waals surface area contributed by atoms with Gasteiger partial charge in [0.15, 0.2) is 0 Å². The van der Waals surface area contributed by atoms with Crippen molar-refractivity contribution in [2.45, 2.75) is 0 Å². The van der Waals surface area contributed by atoms with Crippen molar-refractivity contribution in [2.24, 2.45) is 0 Å². The summed E-state index contributed by atoms with van der Waals surface area (Å²) in [6.07, 6.45) is 0. The molecule has 6 heteroatoms. The Bertz CT molecular complexity index is 1120. The fraction of sp³-hybridized carbons (Fsp3) is 0.188. The van der Waals surface area contributed by atoms with Crippen LogP contribution in [0.2, 0.25) is 0 Å². The van der Waals surface area contributed by atoms with E-state index in [0.717, 1.165) is 22.7 Å². The van der Waals surface area contributed by atoms with E-state index in [2.05, 4.69) is 0 Å². The van der Waals surface area contributed by atoms with E-state index in [1.807, 2.05) is 141 Å². The lowest BCUT2D eigenvalue weighted by atomic mass is 10.2. The van der Waals surface area contributed by atoms with Gasteiger partial charge in [0.25, 0.3) is 0 Å². The third-order valence-corrected chi connectivity index (χ3v) is 6.84. The van der Waals surface area contributed by atoms with Crippen LogP contribution in [0.3, 0.4) is 0 Å². The molecule has 1 fully saturated rings. The average molecular weight is 505 g/mol. The summed E-state index contributed by atoms with van der Waals surface area (Å²) in [6, 6.07) is 39.9. The van der Waals surface area contributed by atoms with Gasteiger partial charge in [0.1, 0.15) is 13.1 Å².